The number of carbonyl (C=O) groups excluding carboxylic acids is 1. The van der Waals surface area contributed by atoms with Gasteiger partial charge in [-0.15, -0.1) is 0 Å². The third kappa shape index (κ3) is 2.51. The van der Waals surface area contributed by atoms with Crippen molar-refractivity contribution in [2.75, 3.05) is 11.9 Å². The van der Waals surface area contributed by atoms with Crippen molar-refractivity contribution >= 4 is 11.6 Å². The number of anilines is 1. The van der Waals surface area contributed by atoms with E-state index in [1.165, 1.54) is 11.1 Å². The molecule has 0 fully saturated rings. The average Bonchev–Trinajstić information content (AvgIpc) is 2.48. The maximum atomic E-state index is 11.2. The lowest BCUT2D eigenvalue weighted by Crippen LogP contribution is -2.23. The first-order chi connectivity index (χ1) is 9.74. The van der Waals surface area contributed by atoms with Crippen LogP contribution in [-0.2, 0) is 11.3 Å². The van der Waals surface area contributed by atoms with Crippen molar-refractivity contribution in [2.24, 2.45) is 5.73 Å². The fourth-order valence-electron chi connectivity index (χ4n) is 2.46. The number of ether oxygens (including phenoxy) is 1. The maximum Gasteiger partial charge on any atom is 0.248 e. The Bertz CT molecular complexity index is 640. The Morgan fingerprint density at radius 2 is 2.05 bits per heavy atom. The number of carbonyl (C=O) groups is 1. The molecule has 1 unspecified atom stereocenters. The molecule has 2 aromatic carbocycles. The van der Waals surface area contributed by atoms with Gasteiger partial charge in [0.15, 0.2) is 0 Å². The SMILES string of the molecule is NC(=O)c1cccc(NC2COCc3ccccc32)c1. The fraction of sp³-hybridized carbons (Fsp3) is 0.188. The number of primary amides is 1. The molecule has 1 aliphatic rings. The lowest BCUT2D eigenvalue weighted by atomic mass is 9.99. The molecule has 1 heterocycles. The van der Waals surface area contributed by atoms with Crippen LogP contribution in [0.3, 0.4) is 0 Å². The predicted molar refractivity (Wildman–Crippen MR) is 77.4 cm³/mol. The van der Waals surface area contributed by atoms with E-state index in [2.05, 4.69) is 17.4 Å². The van der Waals surface area contributed by atoms with Crippen LogP contribution < -0.4 is 11.1 Å². The number of benzene rings is 2. The average molecular weight is 268 g/mol. The molecule has 0 aliphatic carbocycles. The van der Waals surface area contributed by atoms with Crippen LogP contribution >= 0.6 is 0 Å². The molecular weight excluding hydrogens is 252 g/mol. The second-order valence-corrected chi connectivity index (χ2v) is 4.86. The van der Waals surface area contributed by atoms with Crippen LogP contribution in [-0.4, -0.2) is 12.5 Å². The van der Waals surface area contributed by atoms with Gasteiger partial charge in [0, 0.05) is 11.3 Å². The number of rotatable bonds is 3. The van der Waals surface area contributed by atoms with Crippen molar-refractivity contribution in [3.8, 4) is 0 Å². The summed E-state index contributed by atoms with van der Waals surface area (Å²) in [5, 5.41) is 3.40. The zero-order chi connectivity index (χ0) is 13.9. The highest BCUT2D eigenvalue weighted by atomic mass is 16.5. The Morgan fingerprint density at radius 1 is 1.20 bits per heavy atom. The summed E-state index contributed by atoms with van der Waals surface area (Å²) in [7, 11) is 0. The van der Waals surface area contributed by atoms with Crippen molar-refractivity contribution < 1.29 is 9.53 Å². The van der Waals surface area contributed by atoms with Crippen LogP contribution in [0.1, 0.15) is 27.5 Å². The molecule has 0 aromatic heterocycles. The first-order valence-corrected chi connectivity index (χ1v) is 6.56. The highest BCUT2D eigenvalue weighted by Crippen LogP contribution is 2.28. The summed E-state index contributed by atoms with van der Waals surface area (Å²) in [6.45, 7) is 1.26. The molecule has 0 saturated carbocycles. The zero-order valence-electron chi connectivity index (χ0n) is 11.0. The molecule has 1 aliphatic heterocycles. The minimum absolute atomic E-state index is 0.0862. The second kappa shape index (κ2) is 5.35. The quantitative estimate of drug-likeness (QED) is 0.898. The van der Waals surface area contributed by atoms with Crippen molar-refractivity contribution in [1.82, 2.24) is 0 Å². The number of hydrogen-bond donors (Lipinski definition) is 2. The summed E-state index contributed by atoms with van der Waals surface area (Å²) < 4.78 is 5.60. The molecule has 3 N–H and O–H groups in total. The lowest BCUT2D eigenvalue weighted by molar-refractivity contribution is 0.0970. The summed E-state index contributed by atoms with van der Waals surface area (Å²) >= 11 is 0. The van der Waals surface area contributed by atoms with Gasteiger partial charge in [-0.05, 0) is 29.3 Å². The Kier molecular flexibility index (Phi) is 3.39. The minimum Gasteiger partial charge on any atom is -0.376 e. The van der Waals surface area contributed by atoms with Crippen LogP contribution in [0.4, 0.5) is 5.69 Å². The molecule has 4 heteroatoms. The highest BCUT2D eigenvalue weighted by molar-refractivity contribution is 5.93. The third-order valence-electron chi connectivity index (χ3n) is 3.46. The molecule has 1 atom stereocenters. The Labute approximate surface area is 117 Å². The predicted octanol–water partition coefficient (Wildman–Crippen LogP) is 2.47. The number of amides is 1. The van der Waals surface area contributed by atoms with Crippen LogP contribution in [0, 0.1) is 0 Å². The lowest BCUT2D eigenvalue weighted by Gasteiger charge is -2.27. The van der Waals surface area contributed by atoms with Gasteiger partial charge in [-0.25, -0.2) is 0 Å². The van der Waals surface area contributed by atoms with Crippen molar-refractivity contribution in [2.45, 2.75) is 12.6 Å². The number of hydrogen-bond acceptors (Lipinski definition) is 3. The van der Waals surface area contributed by atoms with Crippen LogP contribution in [0.5, 0.6) is 0 Å². The number of fused-ring (bicyclic) bond motifs is 1. The summed E-state index contributed by atoms with van der Waals surface area (Å²) in [6, 6.07) is 15.5. The van der Waals surface area contributed by atoms with E-state index in [1.807, 2.05) is 24.3 Å². The third-order valence-corrected chi connectivity index (χ3v) is 3.46. The molecule has 0 radical (unpaired) electrons. The molecule has 2 aromatic rings. The molecule has 0 bridgehead atoms. The highest BCUT2D eigenvalue weighted by Gasteiger charge is 2.20. The minimum atomic E-state index is -0.422. The molecular formula is C16H16N2O2. The fourth-order valence-corrected chi connectivity index (χ4v) is 2.46. The molecule has 0 saturated heterocycles. The van der Waals surface area contributed by atoms with Gasteiger partial charge in [0.1, 0.15) is 0 Å². The Balaban J connectivity index is 1.85. The summed E-state index contributed by atoms with van der Waals surface area (Å²) in [4.78, 5) is 11.2. The maximum absolute atomic E-state index is 11.2. The van der Waals surface area contributed by atoms with Crippen molar-refractivity contribution in [3.05, 3.63) is 65.2 Å². The topological polar surface area (TPSA) is 64.4 Å². The van der Waals surface area contributed by atoms with Gasteiger partial charge in [-0.3, -0.25) is 4.79 Å². The van der Waals surface area contributed by atoms with E-state index in [-0.39, 0.29) is 6.04 Å². The zero-order valence-corrected chi connectivity index (χ0v) is 11.0. The van der Waals surface area contributed by atoms with Crippen molar-refractivity contribution in [3.63, 3.8) is 0 Å². The van der Waals surface area contributed by atoms with Crippen molar-refractivity contribution in [1.29, 1.82) is 0 Å². The van der Waals surface area contributed by atoms with E-state index < -0.39 is 5.91 Å². The van der Waals surface area contributed by atoms with Gasteiger partial charge >= 0.3 is 0 Å². The monoisotopic (exact) mass is 268 g/mol. The van der Waals surface area contributed by atoms with Crippen LogP contribution in [0.25, 0.3) is 0 Å². The molecule has 1 amide bonds. The Morgan fingerprint density at radius 3 is 2.90 bits per heavy atom. The second-order valence-electron chi connectivity index (χ2n) is 4.86. The van der Waals surface area contributed by atoms with Gasteiger partial charge in [0.2, 0.25) is 5.91 Å². The molecule has 0 spiro atoms. The van der Waals surface area contributed by atoms with Gasteiger partial charge < -0.3 is 15.8 Å². The van der Waals surface area contributed by atoms with E-state index in [4.69, 9.17) is 10.5 Å². The summed E-state index contributed by atoms with van der Waals surface area (Å²) in [5.41, 5.74) is 9.10. The summed E-state index contributed by atoms with van der Waals surface area (Å²) in [5.74, 6) is -0.422. The van der Waals surface area contributed by atoms with Gasteiger partial charge in [-0.1, -0.05) is 30.3 Å². The van der Waals surface area contributed by atoms with E-state index in [0.717, 1.165) is 5.69 Å². The molecule has 102 valence electrons. The van der Waals surface area contributed by atoms with Gasteiger partial charge in [0.05, 0.1) is 19.3 Å². The van der Waals surface area contributed by atoms with E-state index in [0.29, 0.717) is 18.8 Å². The smallest absolute Gasteiger partial charge is 0.248 e. The van der Waals surface area contributed by atoms with E-state index >= 15 is 0 Å². The van der Waals surface area contributed by atoms with Crippen LogP contribution in [0.15, 0.2) is 48.5 Å². The van der Waals surface area contributed by atoms with Crippen LogP contribution in [0.2, 0.25) is 0 Å². The van der Waals surface area contributed by atoms with E-state index in [1.54, 1.807) is 12.1 Å². The molecule has 4 nitrogen and oxygen atoms in total. The largest absolute Gasteiger partial charge is 0.376 e. The number of nitrogens with two attached hydrogens (primary N) is 1. The standard InChI is InChI=1S/C16H16N2O2/c17-16(19)11-5-3-6-13(8-11)18-15-10-20-9-12-4-1-2-7-14(12)15/h1-8,15,18H,9-10H2,(H2,17,19). The Hall–Kier alpha value is -2.33. The molecule has 20 heavy (non-hydrogen) atoms. The first kappa shape index (κ1) is 12.7. The summed E-state index contributed by atoms with van der Waals surface area (Å²) in [6.07, 6.45) is 0. The first-order valence-electron chi connectivity index (χ1n) is 6.56. The molecule has 3 rings (SSSR count). The van der Waals surface area contributed by atoms with Gasteiger partial charge in [0.25, 0.3) is 0 Å². The normalized spacial score (nSPS) is 17.3. The van der Waals surface area contributed by atoms with Gasteiger partial charge in [-0.2, -0.15) is 0 Å². The number of nitrogens with one attached hydrogen (secondary N) is 1. The van der Waals surface area contributed by atoms with E-state index in [9.17, 15) is 4.79 Å².